The van der Waals surface area contributed by atoms with E-state index >= 15 is 0 Å². The number of halogens is 1. The molecule has 0 aliphatic rings. The van der Waals surface area contributed by atoms with E-state index in [1.165, 1.54) is 36.7 Å². The van der Waals surface area contributed by atoms with E-state index in [1.807, 2.05) is 0 Å². The number of esters is 1. The van der Waals surface area contributed by atoms with Crippen LogP contribution >= 0.6 is 11.6 Å². The van der Waals surface area contributed by atoms with Gasteiger partial charge < -0.3 is 13.6 Å². The summed E-state index contributed by atoms with van der Waals surface area (Å²) in [5.41, 5.74) is 0.856. The number of hydrogen-bond donors (Lipinski definition) is 1. The van der Waals surface area contributed by atoms with E-state index < -0.39 is 16.0 Å². The van der Waals surface area contributed by atoms with Crippen molar-refractivity contribution in [2.24, 2.45) is 0 Å². The number of benzene rings is 2. The van der Waals surface area contributed by atoms with Gasteiger partial charge in [-0.3, -0.25) is 0 Å². The van der Waals surface area contributed by atoms with Crippen molar-refractivity contribution in [3.63, 3.8) is 0 Å². The van der Waals surface area contributed by atoms with Crippen molar-refractivity contribution in [2.45, 2.75) is 18.0 Å². The van der Waals surface area contributed by atoms with Gasteiger partial charge in [0.05, 0.1) is 29.5 Å². The van der Waals surface area contributed by atoms with E-state index in [1.54, 1.807) is 36.4 Å². The zero-order chi connectivity index (χ0) is 22.6. The maximum Gasteiger partial charge on any atom is 0.338 e. The van der Waals surface area contributed by atoms with Crippen LogP contribution < -0.4 is 4.72 Å². The molecule has 2 aromatic carbocycles. The molecular formula is C22H17ClN2O6S. The maximum absolute atomic E-state index is 12.5. The van der Waals surface area contributed by atoms with Crippen LogP contribution in [0.2, 0.25) is 5.02 Å². The van der Waals surface area contributed by atoms with E-state index in [9.17, 15) is 13.2 Å². The summed E-state index contributed by atoms with van der Waals surface area (Å²) in [7, 11) is -3.85. The molecule has 2 heterocycles. The minimum atomic E-state index is -3.85. The molecule has 0 aliphatic heterocycles. The predicted molar refractivity (Wildman–Crippen MR) is 115 cm³/mol. The van der Waals surface area contributed by atoms with Crippen LogP contribution in [0.15, 0.2) is 86.9 Å². The lowest BCUT2D eigenvalue weighted by molar-refractivity contribution is 0.0438. The Hall–Kier alpha value is -3.40. The van der Waals surface area contributed by atoms with Gasteiger partial charge in [-0.05, 0) is 54.6 Å². The smallest absolute Gasteiger partial charge is 0.338 e. The first-order valence-corrected chi connectivity index (χ1v) is 11.3. The third kappa shape index (κ3) is 5.25. The van der Waals surface area contributed by atoms with E-state index in [0.717, 1.165) is 5.56 Å². The summed E-state index contributed by atoms with van der Waals surface area (Å²) in [5, 5.41) is 0.600. The molecule has 2 aromatic heterocycles. The molecule has 1 N–H and O–H groups in total. The lowest BCUT2D eigenvalue weighted by Crippen LogP contribution is -2.23. The Morgan fingerprint density at radius 2 is 1.91 bits per heavy atom. The Morgan fingerprint density at radius 1 is 1.09 bits per heavy atom. The van der Waals surface area contributed by atoms with Crippen molar-refractivity contribution in [3.05, 3.63) is 95.4 Å². The molecule has 0 amide bonds. The average molecular weight is 473 g/mol. The second kappa shape index (κ2) is 9.39. The van der Waals surface area contributed by atoms with Crippen molar-refractivity contribution in [2.75, 3.05) is 0 Å². The van der Waals surface area contributed by atoms with Crippen LogP contribution in [-0.2, 0) is 27.9 Å². The fourth-order valence-corrected chi connectivity index (χ4v) is 3.95. The zero-order valence-electron chi connectivity index (χ0n) is 16.5. The molecule has 4 aromatic rings. The number of carbonyl (C=O) groups excluding carboxylic acids is 1. The van der Waals surface area contributed by atoms with Crippen LogP contribution in [0.3, 0.4) is 0 Å². The Morgan fingerprint density at radius 3 is 2.66 bits per heavy atom. The molecule has 164 valence electrons. The van der Waals surface area contributed by atoms with E-state index in [4.69, 9.17) is 25.2 Å². The molecule has 4 rings (SSSR count). The number of rotatable bonds is 8. The second-order valence-electron chi connectivity index (χ2n) is 6.63. The largest absolute Gasteiger partial charge is 0.468 e. The predicted octanol–water partition coefficient (Wildman–Crippen LogP) is 4.42. The van der Waals surface area contributed by atoms with Gasteiger partial charge in [-0.25, -0.2) is 22.9 Å². The fraction of sp³-hybridized carbons (Fsp3) is 0.0909. The Kier molecular flexibility index (Phi) is 6.40. The van der Waals surface area contributed by atoms with Gasteiger partial charge in [-0.1, -0.05) is 17.7 Å². The lowest BCUT2D eigenvalue weighted by atomic mass is 10.2. The van der Waals surface area contributed by atoms with Crippen LogP contribution in [0.5, 0.6) is 0 Å². The van der Waals surface area contributed by atoms with Crippen molar-refractivity contribution < 1.29 is 26.8 Å². The molecule has 0 saturated carbocycles. The normalized spacial score (nSPS) is 11.4. The van der Waals surface area contributed by atoms with E-state index in [2.05, 4.69) is 9.71 Å². The highest BCUT2D eigenvalue weighted by Gasteiger charge is 2.18. The van der Waals surface area contributed by atoms with Gasteiger partial charge in [0.25, 0.3) is 0 Å². The van der Waals surface area contributed by atoms with E-state index in [0.29, 0.717) is 16.5 Å². The molecule has 0 atom stereocenters. The molecule has 0 unspecified atom stereocenters. The van der Waals surface area contributed by atoms with Gasteiger partial charge in [0.2, 0.25) is 15.9 Å². The maximum atomic E-state index is 12.5. The van der Waals surface area contributed by atoms with Crippen molar-refractivity contribution in [1.29, 1.82) is 0 Å². The fourth-order valence-electron chi connectivity index (χ4n) is 2.79. The van der Waals surface area contributed by atoms with Crippen LogP contribution in [0, 0.1) is 0 Å². The highest BCUT2D eigenvalue weighted by molar-refractivity contribution is 7.89. The third-order valence-electron chi connectivity index (χ3n) is 4.41. The van der Waals surface area contributed by atoms with Crippen molar-refractivity contribution in [1.82, 2.24) is 9.71 Å². The number of nitrogens with zero attached hydrogens (tertiary/aromatic N) is 1. The first-order chi connectivity index (χ1) is 15.4. The highest BCUT2D eigenvalue weighted by Crippen LogP contribution is 2.23. The Bertz CT molecular complexity index is 1310. The van der Waals surface area contributed by atoms with Crippen LogP contribution in [0.25, 0.3) is 11.3 Å². The molecule has 0 spiro atoms. The lowest BCUT2D eigenvalue weighted by Gasteiger charge is -2.07. The monoisotopic (exact) mass is 472 g/mol. The molecule has 0 bridgehead atoms. The topological polar surface area (TPSA) is 112 Å². The standard InChI is InChI=1S/C22H17ClN2O6S/c23-17-8-6-15(7-9-17)20-13-24-21(31-20)14-30-22(26)16-3-1-5-19(11-16)32(27,28)25-12-18-4-2-10-29-18/h1-11,13,25H,12,14H2. The Balaban J connectivity index is 1.39. The van der Waals surface area contributed by atoms with Gasteiger partial charge in [-0.15, -0.1) is 0 Å². The summed E-state index contributed by atoms with van der Waals surface area (Å²) in [6.45, 7) is -0.218. The quantitative estimate of drug-likeness (QED) is 0.377. The summed E-state index contributed by atoms with van der Waals surface area (Å²) in [4.78, 5) is 16.4. The van der Waals surface area contributed by atoms with Crippen LogP contribution in [0.4, 0.5) is 0 Å². The van der Waals surface area contributed by atoms with Gasteiger partial charge in [0, 0.05) is 10.6 Å². The molecule has 0 fully saturated rings. The number of furan rings is 1. The minimum Gasteiger partial charge on any atom is -0.468 e. The number of nitrogens with one attached hydrogen (secondary N) is 1. The number of sulfonamides is 1. The summed E-state index contributed by atoms with van der Waals surface area (Å²) in [6, 6.07) is 15.9. The van der Waals surface area contributed by atoms with Crippen LogP contribution in [-0.4, -0.2) is 19.4 Å². The summed E-state index contributed by atoms with van der Waals surface area (Å²) in [5.74, 6) is 0.461. The average Bonchev–Trinajstić information content (AvgIpc) is 3.49. The molecule has 0 saturated heterocycles. The van der Waals surface area contributed by atoms with Gasteiger partial charge >= 0.3 is 5.97 Å². The van der Waals surface area contributed by atoms with Crippen molar-refractivity contribution >= 4 is 27.6 Å². The molecule has 0 radical (unpaired) electrons. The van der Waals surface area contributed by atoms with Gasteiger partial charge in [0.1, 0.15) is 5.76 Å². The second-order valence-corrected chi connectivity index (χ2v) is 8.84. The van der Waals surface area contributed by atoms with Gasteiger partial charge in [0.15, 0.2) is 12.4 Å². The Labute approximate surface area is 188 Å². The first-order valence-electron chi connectivity index (χ1n) is 9.40. The highest BCUT2D eigenvalue weighted by atomic mass is 35.5. The minimum absolute atomic E-state index is 0.00980. The third-order valence-corrected chi connectivity index (χ3v) is 6.06. The number of aromatic nitrogens is 1. The summed E-state index contributed by atoms with van der Waals surface area (Å²) < 4.78 is 43.4. The van der Waals surface area contributed by atoms with Crippen molar-refractivity contribution in [3.8, 4) is 11.3 Å². The SMILES string of the molecule is O=C(OCc1ncc(-c2ccc(Cl)cc2)o1)c1cccc(S(=O)(=O)NCc2ccco2)c1. The first kappa shape index (κ1) is 21.8. The van der Waals surface area contributed by atoms with Crippen LogP contribution in [0.1, 0.15) is 22.0 Å². The molecule has 32 heavy (non-hydrogen) atoms. The summed E-state index contributed by atoms with van der Waals surface area (Å²) >= 11 is 5.88. The zero-order valence-corrected chi connectivity index (χ0v) is 18.1. The summed E-state index contributed by atoms with van der Waals surface area (Å²) in [6.07, 6.45) is 2.97. The molecule has 0 aliphatic carbocycles. The molecule has 8 nitrogen and oxygen atoms in total. The number of ether oxygens (including phenoxy) is 1. The molecular weight excluding hydrogens is 456 g/mol. The molecule has 10 heteroatoms. The number of hydrogen-bond acceptors (Lipinski definition) is 7. The van der Waals surface area contributed by atoms with E-state index in [-0.39, 0.29) is 29.5 Å². The number of carbonyl (C=O) groups is 1. The number of oxazole rings is 1. The van der Waals surface area contributed by atoms with Gasteiger partial charge in [-0.2, -0.15) is 0 Å².